The number of hydrogen-bond donors (Lipinski definition) is 1. The smallest absolute Gasteiger partial charge is 0.341 e. The monoisotopic (exact) mass is 504 g/mol. The quantitative estimate of drug-likeness (QED) is 0.280. The van der Waals surface area contributed by atoms with E-state index in [0.29, 0.717) is 28.7 Å². The van der Waals surface area contributed by atoms with Crippen LogP contribution < -0.4 is 5.32 Å². The van der Waals surface area contributed by atoms with E-state index in [2.05, 4.69) is 25.2 Å². The zero-order valence-corrected chi connectivity index (χ0v) is 21.8. The van der Waals surface area contributed by atoms with Gasteiger partial charge in [-0.25, -0.2) is 9.78 Å². The van der Waals surface area contributed by atoms with Crippen molar-refractivity contribution in [3.8, 4) is 10.6 Å². The Morgan fingerprint density at radius 1 is 1.14 bits per heavy atom. The Kier molecular flexibility index (Phi) is 6.71. The van der Waals surface area contributed by atoms with E-state index in [1.54, 1.807) is 18.3 Å². The molecule has 180 valence electrons. The minimum atomic E-state index is -0.357. The number of rotatable bonds is 6. The zero-order chi connectivity index (χ0) is 24.5. The number of carbonyl (C=O) groups excluding carboxylic acids is 2. The number of carbonyl (C=O) groups is 2. The van der Waals surface area contributed by atoms with Gasteiger partial charge in [-0.05, 0) is 68.9 Å². The lowest BCUT2D eigenvalue weighted by atomic mass is 9.85. The Balaban J connectivity index is 1.56. The molecule has 4 aromatic rings. The van der Waals surface area contributed by atoms with E-state index in [1.165, 1.54) is 21.1 Å². The number of fused-ring (bicyclic) bond motifs is 2. The van der Waals surface area contributed by atoms with Crippen molar-refractivity contribution in [3.63, 3.8) is 0 Å². The standard InChI is InChI=1S/C28H28N2O3S2/c1-4-17-11-12-19-24(14-17)35-27(25(19)28(32)33-5-2)30-26(31)20-15-22(23-13-10-16(3)34-23)29-21-9-7-6-8-18(20)21/h6-10,13,15,17H,4-5,11-12,14H2,1-3H3,(H,30,31). The van der Waals surface area contributed by atoms with Gasteiger partial charge in [0.15, 0.2) is 0 Å². The van der Waals surface area contributed by atoms with E-state index in [0.717, 1.165) is 52.7 Å². The molecule has 5 nitrogen and oxygen atoms in total. The number of benzene rings is 1. The van der Waals surface area contributed by atoms with Crippen LogP contribution in [0.2, 0.25) is 0 Å². The summed E-state index contributed by atoms with van der Waals surface area (Å²) in [5.41, 5.74) is 3.66. The van der Waals surface area contributed by atoms with Crippen LogP contribution in [-0.2, 0) is 17.6 Å². The summed E-state index contributed by atoms with van der Waals surface area (Å²) in [6, 6.07) is 13.6. The van der Waals surface area contributed by atoms with Gasteiger partial charge in [0.1, 0.15) is 5.00 Å². The first-order chi connectivity index (χ1) is 17.0. The Labute approximate surface area is 213 Å². The molecule has 1 unspecified atom stereocenters. The predicted molar refractivity (Wildman–Crippen MR) is 144 cm³/mol. The summed E-state index contributed by atoms with van der Waals surface area (Å²) in [4.78, 5) is 34.9. The molecule has 35 heavy (non-hydrogen) atoms. The number of para-hydroxylation sites is 1. The van der Waals surface area contributed by atoms with Gasteiger partial charge in [0.2, 0.25) is 0 Å². The lowest BCUT2D eigenvalue weighted by Crippen LogP contribution is -2.17. The third-order valence-corrected chi connectivity index (χ3v) is 8.80. The van der Waals surface area contributed by atoms with Crippen LogP contribution in [0.5, 0.6) is 0 Å². The average molecular weight is 505 g/mol. The highest BCUT2D eigenvalue weighted by Gasteiger charge is 2.30. The first kappa shape index (κ1) is 23.7. The van der Waals surface area contributed by atoms with Gasteiger partial charge in [0.05, 0.1) is 33.8 Å². The highest BCUT2D eigenvalue weighted by molar-refractivity contribution is 7.17. The molecule has 3 aromatic heterocycles. The van der Waals surface area contributed by atoms with Gasteiger partial charge in [-0.3, -0.25) is 4.79 Å². The molecule has 1 atom stereocenters. The molecule has 0 saturated carbocycles. The molecule has 5 rings (SSSR count). The molecule has 1 aliphatic rings. The van der Waals surface area contributed by atoms with Crippen LogP contribution in [0.1, 0.15) is 62.7 Å². The summed E-state index contributed by atoms with van der Waals surface area (Å²) >= 11 is 3.17. The second-order valence-electron chi connectivity index (χ2n) is 8.88. The van der Waals surface area contributed by atoms with Crippen molar-refractivity contribution >= 4 is 50.5 Å². The highest BCUT2D eigenvalue weighted by Crippen LogP contribution is 2.41. The number of hydrogen-bond acceptors (Lipinski definition) is 6. The highest BCUT2D eigenvalue weighted by atomic mass is 32.1. The number of pyridine rings is 1. The summed E-state index contributed by atoms with van der Waals surface area (Å²) in [6.07, 6.45) is 3.95. The molecule has 3 heterocycles. The third kappa shape index (κ3) is 4.62. The number of aryl methyl sites for hydroxylation is 1. The number of nitrogens with zero attached hydrogens (tertiary/aromatic N) is 1. The van der Waals surface area contributed by atoms with Crippen molar-refractivity contribution in [2.45, 2.75) is 46.5 Å². The lowest BCUT2D eigenvalue weighted by Gasteiger charge is -2.20. The SMILES string of the molecule is CCOC(=O)c1c(NC(=O)c2cc(-c3ccc(C)s3)nc3ccccc23)sc2c1CCC(CC)C2. The fourth-order valence-electron chi connectivity index (χ4n) is 4.74. The summed E-state index contributed by atoms with van der Waals surface area (Å²) in [5.74, 6) is 0.0135. The van der Waals surface area contributed by atoms with Gasteiger partial charge < -0.3 is 10.1 Å². The van der Waals surface area contributed by atoms with Crippen molar-refractivity contribution < 1.29 is 14.3 Å². The zero-order valence-electron chi connectivity index (χ0n) is 20.1. The molecular formula is C28H28N2O3S2. The van der Waals surface area contributed by atoms with Crippen LogP contribution in [0.15, 0.2) is 42.5 Å². The molecule has 0 saturated heterocycles. The molecule has 7 heteroatoms. The molecule has 0 fully saturated rings. The van der Waals surface area contributed by atoms with Crippen LogP contribution >= 0.6 is 22.7 Å². The molecule has 0 bridgehead atoms. The Hall–Kier alpha value is -3.03. The van der Waals surface area contributed by atoms with E-state index in [4.69, 9.17) is 9.72 Å². The first-order valence-electron chi connectivity index (χ1n) is 12.1. The molecule has 0 aliphatic heterocycles. The average Bonchev–Trinajstić information content (AvgIpc) is 3.45. The van der Waals surface area contributed by atoms with E-state index >= 15 is 0 Å². The molecule has 1 aromatic carbocycles. The van der Waals surface area contributed by atoms with E-state index in [1.807, 2.05) is 36.4 Å². The Bertz CT molecular complexity index is 1420. The van der Waals surface area contributed by atoms with Crippen LogP contribution in [0.3, 0.4) is 0 Å². The second kappa shape index (κ2) is 9.91. The largest absolute Gasteiger partial charge is 0.462 e. The normalized spacial score (nSPS) is 15.1. The van der Waals surface area contributed by atoms with E-state index in [-0.39, 0.29) is 11.9 Å². The Morgan fingerprint density at radius 3 is 2.71 bits per heavy atom. The van der Waals surface area contributed by atoms with Crippen LogP contribution in [0, 0.1) is 12.8 Å². The van der Waals surface area contributed by atoms with Crippen LogP contribution in [0.25, 0.3) is 21.5 Å². The minimum absolute atomic E-state index is 0.241. The van der Waals surface area contributed by atoms with Crippen molar-refractivity contribution in [3.05, 3.63) is 68.9 Å². The molecular weight excluding hydrogens is 476 g/mol. The lowest BCUT2D eigenvalue weighted by molar-refractivity contribution is 0.0526. The van der Waals surface area contributed by atoms with Gasteiger partial charge >= 0.3 is 5.97 Å². The van der Waals surface area contributed by atoms with Crippen LogP contribution in [0.4, 0.5) is 5.00 Å². The number of aromatic nitrogens is 1. The number of thiophene rings is 2. The molecule has 0 spiro atoms. The topological polar surface area (TPSA) is 68.3 Å². The van der Waals surface area contributed by atoms with E-state index in [9.17, 15) is 9.59 Å². The van der Waals surface area contributed by atoms with Crippen molar-refractivity contribution in [1.82, 2.24) is 4.98 Å². The van der Waals surface area contributed by atoms with Crippen molar-refractivity contribution in [2.24, 2.45) is 5.92 Å². The molecule has 0 radical (unpaired) electrons. The fourth-order valence-corrected chi connectivity index (χ4v) is 6.92. The third-order valence-electron chi connectivity index (χ3n) is 6.60. The first-order valence-corrected chi connectivity index (χ1v) is 13.7. The van der Waals surface area contributed by atoms with Crippen LogP contribution in [-0.4, -0.2) is 23.5 Å². The number of anilines is 1. The predicted octanol–water partition coefficient (Wildman–Crippen LogP) is 7.28. The summed E-state index contributed by atoms with van der Waals surface area (Å²) in [5, 5.41) is 4.46. The van der Waals surface area contributed by atoms with Crippen molar-refractivity contribution in [2.75, 3.05) is 11.9 Å². The number of esters is 1. The maximum Gasteiger partial charge on any atom is 0.341 e. The molecule has 1 aliphatic carbocycles. The molecule has 1 N–H and O–H groups in total. The number of ether oxygens (including phenoxy) is 1. The summed E-state index contributed by atoms with van der Waals surface area (Å²) in [6.45, 7) is 6.37. The van der Waals surface area contributed by atoms with Gasteiger partial charge in [-0.1, -0.05) is 31.5 Å². The van der Waals surface area contributed by atoms with Gasteiger partial charge in [-0.2, -0.15) is 0 Å². The number of amides is 1. The fraction of sp³-hybridized carbons (Fsp3) is 0.321. The van der Waals surface area contributed by atoms with Gasteiger partial charge in [0.25, 0.3) is 5.91 Å². The second-order valence-corrected chi connectivity index (χ2v) is 11.3. The molecule has 1 amide bonds. The maximum atomic E-state index is 13.7. The summed E-state index contributed by atoms with van der Waals surface area (Å²) in [7, 11) is 0. The maximum absolute atomic E-state index is 13.7. The van der Waals surface area contributed by atoms with Gasteiger partial charge in [-0.15, -0.1) is 22.7 Å². The van der Waals surface area contributed by atoms with Gasteiger partial charge in [0, 0.05) is 15.1 Å². The summed E-state index contributed by atoms with van der Waals surface area (Å²) < 4.78 is 5.39. The van der Waals surface area contributed by atoms with Crippen molar-refractivity contribution in [1.29, 1.82) is 0 Å². The number of nitrogens with one attached hydrogen (secondary N) is 1. The van der Waals surface area contributed by atoms with E-state index < -0.39 is 0 Å². The minimum Gasteiger partial charge on any atom is -0.462 e. The Morgan fingerprint density at radius 2 is 1.97 bits per heavy atom.